The Morgan fingerprint density at radius 1 is 0.967 bits per heavy atom. The first-order chi connectivity index (χ1) is 14.3. The van der Waals surface area contributed by atoms with Gasteiger partial charge in [0.05, 0.1) is 17.8 Å². The molecule has 1 N–H and O–H groups in total. The third-order valence-corrected chi connectivity index (χ3v) is 6.31. The lowest BCUT2D eigenvalue weighted by atomic mass is 9.57. The van der Waals surface area contributed by atoms with E-state index in [1.165, 1.54) is 0 Å². The minimum absolute atomic E-state index is 0.0576. The van der Waals surface area contributed by atoms with Crippen LogP contribution in [0.3, 0.4) is 0 Å². The molecule has 0 bridgehead atoms. The van der Waals surface area contributed by atoms with Crippen LogP contribution in [0.25, 0.3) is 5.57 Å². The molecule has 1 aliphatic carbocycles. The molecular weight excluding hydrogens is 372 g/mol. The number of benzene rings is 2. The first kappa shape index (κ1) is 20.4. The average molecular weight is 401 g/mol. The summed E-state index contributed by atoms with van der Waals surface area (Å²) in [5, 5.41) is 12.2. The molecule has 0 saturated heterocycles. The molecule has 3 heteroatoms. The highest BCUT2D eigenvalue weighted by molar-refractivity contribution is 6.00. The van der Waals surface area contributed by atoms with Crippen LogP contribution >= 0.6 is 0 Å². The van der Waals surface area contributed by atoms with Gasteiger partial charge in [0.1, 0.15) is 5.76 Å². The Hall–Kier alpha value is -2.91. The molecule has 30 heavy (non-hydrogen) atoms. The molecule has 0 aliphatic heterocycles. The molecule has 0 amide bonds. The number of carbonyl (C=O) groups is 1. The van der Waals surface area contributed by atoms with Crippen LogP contribution in [-0.4, -0.2) is 16.5 Å². The molecule has 1 heterocycles. The summed E-state index contributed by atoms with van der Waals surface area (Å²) < 4.78 is 5.79. The summed E-state index contributed by atoms with van der Waals surface area (Å²) in [5.41, 5.74) is 0.793. The fourth-order valence-electron chi connectivity index (χ4n) is 4.54. The second-order valence-corrected chi connectivity index (χ2v) is 9.14. The van der Waals surface area contributed by atoms with Gasteiger partial charge in [0.15, 0.2) is 5.78 Å². The van der Waals surface area contributed by atoms with Crippen LogP contribution in [0.15, 0.2) is 89.6 Å². The SMILES string of the molecule is CC(C)(C)[C@]1(O)C=C(c2ccccc2)C[C@@H](c2ccco2)[C@@H]1C(=O)c1ccccc1. The van der Waals surface area contributed by atoms with Crippen LogP contribution < -0.4 is 0 Å². The molecule has 4 rings (SSSR count). The molecular formula is C27H28O3. The summed E-state index contributed by atoms with van der Waals surface area (Å²) in [6.45, 7) is 5.96. The third kappa shape index (κ3) is 3.54. The zero-order valence-corrected chi connectivity index (χ0v) is 17.7. The molecule has 0 radical (unpaired) electrons. The average Bonchev–Trinajstić information content (AvgIpc) is 3.28. The van der Waals surface area contributed by atoms with Crippen molar-refractivity contribution >= 4 is 11.4 Å². The van der Waals surface area contributed by atoms with E-state index in [0.29, 0.717) is 12.0 Å². The number of carbonyl (C=O) groups excluding carboxylic acids is 1. The summed E-state index contributed by atoms with van der Waals surface area (Å²) in [6, 6.07) is 23.1. The molecule has 3 aromatic rings. The Kier molecular flexibility index (Phi) is 5.25. The molecule has 154 valence electrons. The normalized spacial score (nSPS) is 24.3. The standard InChI is InChI=1S/C27H28O3/c1-26(2,3)27(29)18-21(19-11-6-4-7-12-19)17-22(23-15-10-16-30-23)24(27)25(28)20-13-8-5-9-14-20/h4-16,18,22,24,29H,17H2,1-3H3/t22-,24+,27-/m0/s1. The number of hydrogen-bond donors (Lipinski definition) is 1. The molecule has 0 saturated carbocycles. The lowest BCUT2D eigenvalue weighted by Crippen LogP contribution is -2.54. The van der Waals surface area contributed by atoms with Crippen molar-refractivity contribution in [2.45, 2.75) is 38.7 Å². The third-order valence-electron chi connectivity index (χ3n) is 6.31. The maximum atomic E-state index is 13.8. The predicted octanol–water partition coefficient (Wildman–Crippen LogP) is 6.13. The Bertz CT molecular complexity index is 1030. The second-order valence-electron chi connectivity index (χ2n) is 9.14. The number of aliphatic hydroxyl groups is 1. The Labute approximate surface area is 178 Å². The molecule has 3 nitrogen and oxygen atoms in total. The fraction of sp³-hybridized carbons (Fsp3) is 0.296. The van der Waals surface area contributed by atoms with E-state index in [-0.39, 0.29) is 11.7 Å². The van der Waals surface area contributed by atoms with Crippen molar-refractivity contribution in [3.63, 3.8) is 0 Å². The van der Waals surface area contributed by atoms with Gasteiger partial charge < -0.3 is 9.52 Å². The second kappa shape index (κ2) is 7.73. The maximum Gasteiger partial charge on any atom is 0.169 e. The number of Topliss-reactive ketones (excluding diaryl/α,β-unsaturated/α-hetero) is 1. The van der Waals surface area contributed by atoms with E-state index in [4.69, 9.17) is 4.42 Å². The van der Waals surface area contributed by atoms with Gasteiger partial charge >= 0.3 is 0 Å². The van der Waals surface area contributed by atoms with E-state index in [2.05, 4.69) is 0 Å². The zero-order valence-electron chi connectivity index (χ0n) is 17.7. The van der Waals surface area contributed by atoms with Crippen LogP contribution in [0, 0.1) is 11.3 Å². The molecule has 3 atom stereocenters. The van der Waals surface area contributed by atoms with Crippen LogP contribution in [-0.2, 0) is 0 Å². The molecule has 1 aliphatic rings. The van der Waals surface area contributed by atoms with Gasteiger partial charge in [0.2, 0.25) is 0 Å². The number of rotatable bonds is 4. The highest BCUT2D eigenvalue weighted by Gasteiger charge is 2.55. The van der Waals surface area contributed by atoms with Gasteiger partial charge in [0, 0.05) is 11.5 Å². The van der Waals surface area contributed by atoms with Gasteiger partial charge in [-0.05, 0) is 41.2 Å². The van der Waals surface area contributed by atoms with Crippen molar-refractivity contribution in [1.82, 2.24) is 0 Å². The van der Waals surface area contributed by atoms with E-state index in [0.717, 1.165) is 16.9 Å². The quantitative estimate of drug-likeness (QED) is 0.536. The van der Waals surface area contributed by atoms with Gasteiger partial charge in [-0.25, -0.2) is 0 Å². The number of furan rings is 1. The van der Waals surface area contributed by atoms with Crippen molar-refractivity contribution in [3.05, 3.63) is 102 Å². The highest BCUT2D eigenvalue weighted by Crippen LogP contribution is 2.53. The van der Waals surface area contributed by atoms with Crippen molar-refractivity contribution < 1.29 is 14.3 Å². The molecule has 2 aromatic carbocycles. The first-order valence-corrected chi connectivity index (χ1v) is 10.4. The first-order valence-electron chi connectivity index (χ1n) is 10.4. The zero-order chi connectivity index (χ0) is 21.4. The maximum absolute atomic E-state index is 13.8. The largest absolute Gasteiger partial charge is 0.469 e. The van der Waals surface area contributed by atoms with Crippen LogP contribution in [0.2, 0.25) is 0 Å². The minimum Gasteiger partial charge on any atom is -0.469 e. The van der Waals surface area contributed by atoms with Gasteiger partial charge in [-0.15, -0.1) is 0 Å². The van der Waals surface area contributed by atoms with Crippen molar-refractivity contribution in [3.8, 4) is 0 Å². The topological polar surface area (TPSA) is 50.4 Å². The summed E-state index contributed by atoms with van der Waals surface area (Å²) in [6.07, 6.45) is 4.18. The van der Waals surface area contributed by atoms with E-state index >= 15 is 0 Å². The fourth-order valence-corrected chi connectivity index (χ4v) is 4.54. The van der Waals surface area contributed by atoms with Crippen molar-refractivity contribution in [2.75, 3.05) is 0 Å². The van der Waals surface area contributed by atoms with Gasteiger partial charge in [0.25, 0.3) is 0 Å². The summed E-state index contributed by atoms with van der Waals surface area (Å²) in [4.78, 5) is 13.8. The van der Waals surface area contributed by atoms with Gasteiger partial charge in [-0.2, -0.15) is 0 Å². The van der Waals surface area contributed by atoms with Crippen molar-refractivity contribution in [1.29, 1.82) is 0 Å². The number of hydrogen-bond acceptors (Lipinski definition) is 3. The minimum atomic E-state index is -1.35. The van der Waals surface area contributed by atoms with Gasteiger partial charge in [-0.3, -0.25) is 4.79 Å². The summed E-state index contributed by atoms with van der Waals surface area (Å²) >= 11 is 0. The van der Waals surface area contributed by atoms with E-state index in [1.807, 2.05) is 99.6 Å². The highest BCUT2D eigenvalue weighted by atomic mass is 16.3. The molecule has 0 fully saturated rings. The molecule has 0 spiro atoms. The van der Waals surface area contributed by atoms with E-state index in [1.54, 1.807) is 6.26 Å². The van der Waals surface area contributed by atoms with E-state index < -0.39 is 16.9 Å². The Balaban J connectivity index is 1.92. The smallest absolute Gasteiger partial charge is 0.169 e. The monoisotopic (exact) mass is 400 g/mol. The summed E-state index contributed by atoms with van der Waals surface area (Å²) in [7, 11) is 0. The van der Waals surface area contributed by atoms with Crippen LogP contribution in [0.1, 0.15) is 54.8 Å². The van der Waals surface area contributed by atoms with Gasteiger partial charge in [-0.1, -0.05) is 81.4 Å². The predicted molar refractivity (Wildman–Crippen MR) is 119 cm³/mol. The molecule has 0 unspecified atom stereocenters. The summed E-state index contributed by atoms with van der Waals surface area (Å²) in [5.74, 6) is -0.248. The lowest BCUT2D eigenvalue weighted by molar-refractivity contribution is -0.0645. The van der Waals surface area contributed by atoms with Crippen LogP contribution in [0.4, 0.5) is 0 Å². The molecule has 1 aromatic heterocycles. The lowest BCUT2D eigenvalue weighted by Gasteiger charge is -2.49. The van der Waals surface area contributed by atoms with Crippen LogP contribution in [0.5, 0.6) is 0 Å². The Morgan fingerprint density at radius 2 is 1.60 bits per heavy atom. The number of allylic oxidation sites excluding steroid dienone is 1. The van der Waals surface area contributed by atoms with Crippen molar-refractivity contribution in [2.24, 2.45) is 11.3 Å². The number of ketones is 1. The Morgan fingerprint density at radius 3 is 2.17 bits per heavy atom. The van der Waals surface area contributed by atoms with E-state index in [9.17, 15) is 9.90 Å².